The molecule has 226 valence electrons. The Kier molecular flexibility index (Phi) is 12.3. The lowest BCUT2D eigenvalue weighted by Crippen LogP contribution is -2.16. The van der Waals surface area contributed by atoms with Gasteiger partial charge in [-0.05, 0) is 24.3 Å². The van der Waals surface area contributed by atoms with Crippen molar-refractivity contribution >= 4 is 187 Å². The maximum absolute atomic E-state index is 13.3. The van der Waals surface area contributed by atoms with Crippen molar-refractivity contribution in [3.8, 4) is 0 Å². The molecule has 2 nitrogen and oxygen atoms in total. The molecule has 0 fully saturated rings. The fraction of sp³-hybridized carbons (Fsp3) is 0.0385. The van der Waals surface area contributed by atoms with E-state index in [2.05, 4.69) is 17.9 Å². The van der Waals surface area contributed by atoms with Crippen molar-refractivity contribution in [2.45, 2.75) is 10.8 Å². The molecule has 0 unspecified atom stereocenters. The zero-order valence-corrected chi connectivity index (χ0v) is 31.5. The van der Waals surface area contributed by atoms with Crippen LogP contribution in [0.25, 0.3) is 0 Å². The fourth-order valence-electron chi connectivity index (χ4n) is 4.02. The van der Waals surface area contributed by atoms with Gasteiger partial charge in [0.15, 0.2) is 0 Å². The predicted molar refractivity (Wildman–Crippen MR) is 192 cm³/mol. The third-order valence-electron chi connectivity index (χ3n) is 6.00. The SMILES string of the molecule is O=C(Nc1ccc(S)cc1)c1c(Cl)c(Cl)c(C(c2c(Cl)c(Cl)c(Cl)c(Cl)c2Cl)c2c(Cl)c(Cl)c(Cl)c(Cl)c2Cl)c(Cl)c1Cl. The van der Waals surface area contributed by atoms with Crippen molar-refractivity contribution in [1.29, 1.82) is 0 Å². The summed E-state index contributed by atoms with van der Waals surface area (Å²) in [6.45, 7) is 0. The maximum Gasteiger partial charge on any atom is 0.258 e. The standard InChI is InChI=1S/C26H7Cl14NOS/c27-12-8(13(28)19(34)11(18(12)33)26(42)41-5-1-3-6(43)4-2-5)7(9-14(29)20(35)24(39)21(36)15(9)30)10-16(31)22(37)25(40)23(38)17(10)32/h1-4,7,43H,(H,41,42). The minimum absolute atomic E-state index is 0.0269. The molecule has 43 heavy (non-hydrogen) atoms. The van der Waals surface area contributed by atoms with Crippen LogP contribution in [0.15, 0.2) is 29.2 Å². The summed E-state index contributed by atoms with van der Waals surface area (Å²) in [6, 6.07) is 6.57. The molecular weight excluding hydrogens is 871 g/mol. The Labute approximate surface area is 320 Å². The van der Waals surface area contributed by atoms with Crippen LogP contribution >= 0.6 is 175 Å². The van der Waals surface area contributed by atoms with Crippen LogP contribution < -0.4 is 5.32 Å². The second-order valence-electron chi connectivity index (χ2n) is 8.45. The van der Waals surface area contributed by atoms with Gasteiger partial charge in [0.1, 0.15) is 0 Å². The lowest BCUT2D eigenvalue weighted by atomic mass is 9.84. The van der Waals surface area contributed by atoms with E-state index in [9.17, 15) is 4.79 Å². The average molecular weight is 878 g/mol. The first-order valence-corrected chi connectivity index (χ1v) is 16.7. The first-order valence-electron chi connectivity index (χ1n) is 11.0. The van der Waals surface area contributed by atoms with Gasteiger partial charge in [0, 0.05) is 33.2 Å². The van der Waals surface area contributed by atoms with Gasteiger partial charge in [-0.2, -0.15) is 0 Å². The molecule has 0 aromatic heterocycles. The summed E-state index contributed by atoms with van der Waals surface area (Å²) in [5, 5.41) is -0.183. The summed E-state index contributed by atoms with van der Waals surface area (Å²) in [5.41, 5.74) is 0.0504. The highest BCUT2D eigenvalue weighted by molar-refractivity contribution is 7.80. The largest absolute Gasteiger partial charge is 0.322 e. The van der Waals surface area contributed by atoms with Crippen LogP contribution in [0.1, 0.15) is 33.0 Å². The number of thiol groups is 1. The molecule has 0 spiro atoms. The van der Waals surface area contributed by atoms with E-state index in [-0.39, 0.29) is 92.6 Å². The molecule has 0 saturated carbocycles. The average Bonchev–Trinajstić information content (AvgIpc) is 2.97. The molecule has 0 saturated heterocycles. The Hall–Kier alpha value is 0.760. The van der Waals surface area contributed by atoms with Crippen LogP contribution in [0.5, 0.6) is 0 Å². The Morgan fingerprint density at radius 1 is 0.465 bits per heavy atom. The van der Waals surface area contributed by atoms with Crippen LogP contribution in [-0.4, -0.2) is 5.91 Å². The third kappa shape index (κ3) is 6.73. The van der Waals surface area contributed by atoms with E-state index < -0.39 is 11.8 Å². The Balaban J connectivity index is 2.11. The first kappa shape index (κ1) is 36.6. The molecular formula is C26H7Cl14NOS. The van der Waals surface area contributed by atoms with Gasteiger partial charge in [-0.25, -0.2) is 0 Å². The molecule has 0 aliphatic rings. The van der Waals surface area contributed by atoms with Crippen molar-refractivity contribution < 1.29 is 4.79 Å². The quantitative estimate of drug-likeness (QED) is 0.0889. The van der Waals surface area contributed by atoms with Gasteiger partial charge in [0.25, 0.3) is 5.91 Å². The molecule has 0 bridgehead atoms. The molecule has 0 aliphatic carbocycles. The Morgan fingerprint density at radius 2 is 0.744 bits per heavy atom. The molecule has 1 amide bonds. The monoisotopic (exact) mass is 871 g/mol. The molecule has 4 aromatic carbocycles. The van der Waals surface area contributed by atoms with Crippen LogP contribution in [0.2, 0.25) is 70.3 Å². The number of hydrogen-bond acceptors (Lipinski definition) is 2. The number of carbonyl (C=O) groups is 1. The van der Waals surface area contributed by atoms with E-state index in [1.165, 1.54) is 0 Å². The zero-order chi connectivity index (χ0) is 32.2. The molecule has 4 rings (SSSR count). The summed E-state index contributed by atoms with van der Waals surface area (Å²) in [6.07, 6.45) is 0. The third-order valence-corrected chi connectivity index (χ3v) is 12.6. The number of hydrogen-bond donors (Lipinski definition) is 2. The Morgan fingerprint density at radius 3 is 1.07 bits per heavy atom. The maximum atomic E-state index is 13.3. The van der Waals surface area contributed by atoms with E-state index in [1.807, 2.05) is 0 Å². The van der Waals surface area contributed by atoms with Crippen molar-refractivity contribution in [2.75, 3.05) is 5.32 Å². The second-order valence-corrected chi connectivity index (χ2v) is 14.3. The summed E-state index contributed by atoms with van der Waals surface area (Å²) < 4.78 is 0. The predicted octanol–water partition coefficient (Wildman–Crippen LogP) is 15.6. The van der Waals surface area contributed by atoms with Gasteiger partial charge in [-0.15, -0.1) is 12.6 Å². The van der Waals surface area contributed by atoms with E-state index >= 15 is 0 Å². The molecule has 0 heterocycles. The summed E-state index contributed by atoms with van der Waals surface area (Å²) >= 11 is 96.3. The fourth-order valence-corrected chi connectivity index (χ4v) is 8.17. The normalized spacial score (nSPS) is 11.4. The van der Waals surface area contributed by atoms with Crippen molar-refractivity contribution in [3.05, 3.63) is 117 Å². The highest BCUT2D eigenvalue weighted by Crippen LogP contribution is 2.58. The number of benzene rings is 4. The van der Waals surface area contributed by atoms with E-state index in [1.54, 1.807) is 24.3 Å². The first-order chi connectivity index (χ1) is 20.0. The van der Waals surface area contributed by atoms with Crippen LogP contribution in [0.3, 0.4) is 0 Å². The summed E-state index contributed by atoms with van der Waals surface area (Å²) in [4.78, 5) is 14.0. The lowest BCUT2D eigenvalue weighted by molar-refractivity contribution is 0.102. The highest BCUT2D eigenvalue weighted by atomic mass is 35.5. The van der Waals surface area contributed by atoms with Gasteiger partial charge >= 0.3 is 0 Å². The smallest absolute Gasteiger partial charge is 0.258 e. The van der Waals surface area contributed by atoms with Gasteiger partial charge in [0.2, 0.25) is 0 Å². The van der Waals surface area contributed by atoms with Crippen LogP contribution in [0.4, 0.5) is 5.69 Å². The zero-order valence-electron chi connectivity index (χ0n) is 20.0. The van der Waals surface area contributed by atoms with Gasteiger partial charge in [0.05, 0.1) is 75.9 Å². The van der Waals surface area contributed by atoms with Crippen LogP contribution in [-0.2, 0) is 0 Å². The van der Waals surface area contributed by atoms with Crippen molar-refractivity contribution in [2.24, 2.45) is 0 Å². The van der Waals surface area contributed by atoms with E-state index in [0.29, 0.717) is 10.6 Å². The minimum atomic E-state index is -1.37. The minimum Gasteiger partial charge on any atom is -0.322 e. The molecule has 1 N–H and O–H groups in total. The van der Waals surface area contributed by atoms with Gasteiger partial charge < -0.3 is 5.32 Å². The number of rotatable bonds is 5. The topological polar surface area (TPSA) is 29.1 Å². The number of anilines is 1. The Bertz CT molecular complexity index is 1670. The number of nitrogens with one attached hydrogen (secondary N) is 1. The molecule has 17 heteroatoms. The van der Waals surface area contributed by atoms with Crippen molar-refractivity contribution in [3.63, 3.8) is 0 Å². The number of carbonyl (C=O) groups excluding carboxylic acids is 1. The highest BCUT2D eigenvalue weighted by Gasteiger charge is 2.38. The molecule has 4 aromatic rings. The summed E-state index contributed by atoms with van der Waals surface area (Å²) in [7, 11) is 0. The van der Waals surface area contributed by atoms with Gasteiger partial charge in [-0.1, -0.05) is 162 Å². The molecule has 0 atom stereocenters. The lowest BCUT2D eigenvalue weighted by Gasteiger charge is -2.28. The van der Waals surface area contributed by atoms with E-state index in [4.69, 9.17) is 162 Å². The number of amides is 1. The van der Waals surface area contributed by atoms with Crippen LogP contribution in [0, 0.1) is 0 Å². The summed E-state index contributed by atoms with van der Waals surface area (Å²) in [5.74, 6) is -2.09. The molecule has 0 aliphatic heterocycles. The van der Waals surface area contributed by atoms with Crippen molar-refractivity contribution in [1.82, 2.24) is 0 Å². The second kappa shape index (κ2) is 14.5. The van der Waals surface area contributed by atoms with E-state index in [0.717, 1.165) is 0 Å². The van der Waals surface area contributed by atoms with Gasteiger partial charge in [-0.3, -0.25) is 4.79 Å². The number of halogens is 14. The molecule has 0 radical (unpaired) electrons.